The topological polar surface area (TPSA) is 29.3 Å². The van der Waals surface area contributed by atoms with Gasteiger partial charge in [0.25, 0.3) is 0 Å². The van der Waals surface area contributed by atoms with Crippen LogP contribution in [0.25, 0.3) is 0 Å². The Kier molecular flexibility index (Phi) is 2.46. The molecule has 76 valence electrons. The molecule has 2 nitrogen and oxygen atoms in total. The molecule has 2 N–H and O–H groups in total. The third-order valence-electron chi connectivity index (χ3n) is 3.01. The third-order valence-corrected chi connectivity index (χ3v) is 3.01. The van der Waals surface area contributed by atoms with Crippen LogP contribution in [0, 0.1) is 0 Å². The monoisotopic (exact) mass is 190 g/mol. The first kappa shape index (κ1) is 9.53. The van der Waals surface area contributed by atoms with E-state index in [1.54, 1.807) is 0 Å². The molecular formula is C12H18N2. The molecule has 0 saturated heterocycles. The highest BCUT2D eigenvalue weighted by atomic mass is 15.1. The zero-order chi connectivity index (χ0) is 10.1. The zero-order valence-electron chi connectivity index (χ0n) is 8.96. The Labute approximate surface area is 85.7 Å². The summed E-state index contributed by atoms with van der Waals surface area (Å²) < 4.78 is 0. The van der Waals surface area contributed by atoms with E-state index in [-0.39, 0.29) is 6.04 Å². The van der Waals surface area contributed by atoms with Crippen LogP contribution in [0.4, 0.5) is 5.69 Å². The molecule has 14 heavy (non-hydrogen) atoms. The molecule has 0 bridgehead atoms. The van der Waals surface area contributed by atoms with Crippen molar-refractivity contribution < 1.29 is 0 Å². The van der Waals surface area contributed by atoms with E-state index < -0.39 is 0 Å². The highest BCUT2D eigenvalue weighted by molar-refractivity contribution is 5.57. The van der Waals surface area contributed by atoms with Crippen LogP contribution in [0.5, 0.6) is 0 Å². The largest absolute Gasteiger partial charge is 0.377 e. The van der Waals surface area contributed by atoms with Crippen molar-refractivity contribution in [3.63, 3.8) is 0 Å². The van der Waals surface area contributed by atoms with Gasteiger partial charge in [-0.1, -0.05) is 12.1 Å². The number of rotatable bonds is 1. The Hall–Kier alpha value is -1.02. The summed E-state index contributed by atoms with van der Waals surface area (Å²) in [6, 6.07) is 6.71. The van der Waals surface area contributed by atoms with Crippen LogP contribution in [0.1, 0.15) is 30.0 Å². The van der Waals surface area contributed by atoms with Crippen LogP contribution in [-0.2, 0) is 6.42 Å². The van der Waals surface area contributed by atoms with Gasteiger partial charge in [-0.3, -0.25) is 0 Å². The summed E-state index contributed by atoms with van der Waals surface area (Å²) in [7, 11) is 4.19. The Morgan fingerprint density at radius 2 is 2.14 bits per heavy atom. The lowest BCUT2D eigenvalue weighted by Crippen LogP contribution is -2.20. The molecule has 1 atom stereocenters. The van der Waals surface area contributed by atoms with Gasteiger partial charge in [0.15, 0.2) is 0 Å². The highest BCUT2D eigenvalue weighted by Gasteiger charge is 2.19. The van der Waals surface area contributed by atoms with Crippen molar-refractivity contribution in [2.75, 3.05) is 19.0 Å². The minimum atomic E-state index is 0.249. The van der Waals surface area contributed by atoms with E-state index in [1.807, 2.05) is 0 Å². The number of nitrogens with zero attached hydrogens (tertiary/aromatic N) is 1. The molecule has 1 aliphatic rings. The first-order chi connectivity index (χ1) is 6.70. The molecule has 0 aliphatic heterocycles. The summed E-state index contributed by atoms with van der Waals surface area (Å²) in [6.45, 7) is 0. The Morgan fingerprint density at radius 3 is 2.86 bits per heavy atom. The molecule has 0 saturated carbocycles. The lowest BCUT2D eigenvalue weighted by Gasteiger charge is -2.27. The van der Waals surface area contributed by atoms with Crippen molar-refractivity contribution in [1.82, 2.24) is 0 Å². The summed E-state index contributed by atoms with van der Waals surface area (Å²) in [6.07, 6.45) is 3.53. The Morgan fingerprint density at radius 1 is 1.36 bits per heavy atom. The normalized spacial score (nSPS) is 20.4. The lowest BCUT2D eigenvalue weighted by atomic mass is 9.87. The van der Waals surface area contributed by atoms with Gasteiger partial charge in [-0.2, -0.15) is 0 Å². The summed E-state index contributed by atoms with van der Waals surface area (Å²) in [5.41, 5.74) is 10.2. The summed E-state index contributed by atoms with van der Waals surface area (Å²) in [4.78, 5) is 2.18. The second-order valence-corrected chi connectivity index (χ2v) is 4.24. The molecule has 0 unspecified atom stereocenters. The van der Waals surface area contributed by atoms with E-state index >= 15 is 0 Å². The van der Waals surface area contributed by atoms with Crippen LogP contribution in [0.15, 0.2) is 18.2 Å². The summed E-state index contributed by atoms with van der Waals surface area (Å²) in [5.74, 6) is 0. The Bertz CT molecular complexity index is 317. The van der Waals surface area contributed by atoms with Gasteiger partial charge in [-0.25, -0.2) is 0 Å². The molecule has 1 aromatic carbocycles. The number of benzene rings is 1. The fraction of sp³-hybridized carbons (Fsp3) is 0.500. The first-order valence-electron chi connectivity index (χ1n) is 5.25. The van der Waals surface area contributed by atoms with Crippen molar-refractivity contribution in [3.8, 4) is 0 Å². The van der Waals surface area contributed by atoms with Crippen LogP contribution in [0.2, 0.25) is 0 Å². The zero-order valence-corrected chi connectivity index (χ0v) is 8.96. The fourth-order valence-corrected chi connectivity index (χ4v) is 2.29. The van der Waals surface area contributed by atoms with E-state index in [0.29, 0.717) is 0 Å². The third kappa shape index (κ3) is 1.50. The van der Waals surface area contributed by atoms with Gasteiger partial charge in [-0.15, -0.1) is 0 Å². The predicted molar refractivity (Wildman–Crippen MR) is 60.6 cm³/mol. The smallest absolute Gasteiger partial charge is 0.0396 e. The molecule has 2 heteroatoms. The highest BCUT2D eigenvalue weighted by Crippen LogP contribution is 2.33. The molecule has 0 heterocycles. The van der Waals surface area contributed by atoms with Gasteiger partial charge >= 0.3 is 0 Å². The average Bonchev–Trinajstić information content (AvgIpc) is 2.17. The van der Waals surface area contributed by atoms with E-state index in [9.17, 15) is 0 Å². The van der Waals surface area contributed by atoms with E-state index in [4.69, 9.17) is 5.73 Å². The minimum Gasteiger partial charge on any atom is -0.377 e. The first-order valence-corrected chi connectivity index (χ1v) is 5.25. The van der Waals surface area contributed by atoms with Crippen molar-refractivity contribution >= 4 is 5.69 Å². The Balaban J connectivity index is 2.49. The van der Waals surface area contributed by atoms with Crippen LogP contribution in [-0.4, -0.2) is 14.1 Å². The van der Waals surface area contributed by atoms with E-state index in [0.717, 1.165) is 6.42 Å². The van der Waals surface area contributed by atoms with Crippen molar-refractivity contribution in [2.45, 2.75) is 25.3 Å². The van der Waals surface area contributed by atoms with Crippen LogP contribution in [0.3, 0.4) is 0 Å². The van der Waals surface area contributed by atoms with Crippen LogP contribution < -0.4 is 10.6 Å². The SMILES string of the molecule is CN(C)c1cccc2c1CCC[C@H]2N. The number of nitrogens with two attached hydrogens (primary N) is 1. The summed E-state index contributed by atoms with van der Waals surface area (Å²) >= 11 is 0. The molecule has 2 rings (SSSR count). The maximum atomic E-state index is 6.10. The number of fused-ring (bicyclic) bond motifs is 1. The summed E-state index contributed by atoms with van der Waals surface area (Å²) in [5, 5.41) is 0. The second-order valence-electron chi connectivity index (χ2n) is 4.24. The van der Waals surface area contributed by atoms with Crippen molar-refractivity contribution in [3.05, 3.63) is 29.3 Å². The predicted octanol–water partition coefficient (Wildman–Crippen LogP) is 2.09. The van der Waals surface area contributed by atoms with E-state index in [1.165, 1.54) is 29.7 Å². The molecule has 1 aliphatic carbocycles. The molecule has 0 amide bonds. The lowest BCUT2D eigenvalue weighted by molar-refractivity contribution is 0.570. The van der Waals surface area contributed by atoms with Gasteiger partial charge in [0.2, 0.25) is 0 Å². The molecular weight excluding hydrogens is 172 g/mol. The van der Waals surface area contributed by atoms with Gasteiger partial charge in [-0.05, 0) is 36.5 Å². The number of hydrogen-bond donors (Lipinski definition) is 1. The molecule has 0 aromatic heterocycles. The number of anilines is 1. The van der Waals surface area contributed by atoms with Gasteiger partial charge in [0.1, 0.15) is 0 Å². The molecule has 1 aromatic rings. The van der Waals surface area contributed by atoms with Gasteiger partial charge in [0, 0.05) is 25.8 Å². The standard InChI is InChI=1S/C12H18N2/c1-14(2)12-8-4-5-9-10(12)6-3-7-11(9)13/h4-5,8,11H,3,6-7,13H2,1-2H3/t11-/m1/s1. The number of hydrogen-bond acceptors (Lipinski definition) is 2. The maximum absolute atomic E-state index is 6.10. The van der Waals surface area contributed by atoms with Gasteiger partial charge in [0.05, 0.1) is 0 Å². The minimum absolute atomic E-state index is 0.249. The molecule has 0 fully saturated rings. The second kappa shape index (κ2) is 3.62. The van der Waals surface area contributed by atoms with Crippen molar-refractivity contribution in [1.29, 1.82) is 0 Å². The average molecular weight is 190 g/mol. The van der Waals surface area contributed by atoms with E-state index in [2.05, 4.69) is 37.2 Å². The molecule has 0 spiro atoms. The van der Waals surface area contributed by atoms with Gasteiger partial charge < -0.3 is 10.6 Å². The fourth-order valence-electron chi connectivity index (χ4n) is 2.29. The van der Waals surface area contributed by atoms with Crippen LogP contribution >= 0.6 is 0 Å². The van der Waals surface area contributed by atoms with Crippen molar-refractivity contribution in [2.24, 2.45) is 5.73 Å². The molecule has 0 radical (unpaired) electrons. The maximum Gasteiger partial charge on any atom is 0.0396 e. The quantitative estimate of drug-likeness (QED) is 0.734.